The minimum absolute atomic E-state index is 0.700. The van der Waals surface area contributed by atoms with Crippen LogP contribution in [0.15, 0.2) is 97.1 Å². The van der Waals surface area contributed by atoms with Crippen LogP contribution in [0.1, 0.15) is 44.5 Å². The molecule has 0 aromatic heterocycles. The van der Waals surface area contributed by atoms with Crippen molar-refractivity contribution in [3.8, 4) is 43.0 Å². The van der Waals surface area contributed by atoms with Crippen LogP contribution in [0.2, 0.25) is 0 Å². The highest BCUT2D eigenvalue weighted by molar-refractivity contribution is 9.12. The topological polar surface area (TPSA) is 0 Å². The van der Waals surface area contributed by atoms with Crippen molar-refractivity contribution in [2.24, 2.45) is 0 Å². The SMILES string of the molecule is BrC#Cc1cc(C(c2ccccc2)(c2ccccc2)c2ccccc2)c(C#CBr)c(C#CBr)c1C#CBr. The lowest BCUT2D eigenvalue weighted by Crippen LogP contribution is -2.32. The Morgan fingerprint density at radius 3 is 1.22 bits per heavy atom. The zero-order valence-corrected chi connectivity index (χ0v) is 25.6. The van der Waals surface area contributed by atoms with E-state index in [4.69, 9.17) is 0 Å². The van der Waals surface area contributed by atoms with Crippen LogP contribution in [0, 0.1) is 43.0 Å². The summed E-state index contributed by atoms with van der Waals surface area (Å²) in [5, 5.41) is 0. The zero-order valence-electron chi connectivity index (χ0n) is 19.2. The van der Waals surface area contributed by atoms with Gasteiger partial charge < -0.3 is 0 Å². The van der Waals surface area contributed by atoms with Crippen molar-refractivity contribution in [1.82, 2.24) is 0 Å². The fourth-order valence-electron chi connectivity index (χ4n) is 4.69. The maximum Gasteiger partial charge on any atom is 0.0714 e. The summed E-state index contributed by atoms with van der Waals surface area (Å²) in [4.78, 5) is 11.5. The van der Waals surface area contributed by atoms with E-state index in [1.54, 1.807) is 0 Å². The first-order chi connectivity index (χ1) is 18.2. The van der Waals surface area contributed by atoms with E-state index in [9.17, 15) is 0 Å². The molecule has 0 radical (unpaired) electrons. The Balaban J connectivity index is 2.36. The lowest BCUT2D eigenvalue weighted by molar-refractivity contribution is 0.742. The zero-order chi connectivity index (χ0) is 26.1. The third kappa shape index (κ3) is 5.36. The average molecular weight is 732 g/mol. The van der Waals surface area contributed by atoms with E-state index in [1.165, 1.54) is 0 Å². The lowest BCUT2D eigenvalue weighted by atomic mass is 9.63. The van der Waals surface area contributed by atoms with Gasteiger partial charge in [-0.25, -0.2) is 0 Å². The fraction of sp³-hybridized carbons (Fsp3) is 0.0303. The standard InChI is InChI=1S/C33H16Br4/c34-20-16-25-24-32(31(19-23-37)30(18-22-36)29(25)17-21-35)33(26-10-4-1-5-11-26,27-12-6-2-7-13-27)28-14-8-3-9-15-28/h1-15,24H. The normalized spacial score (nSPS) is 9.84. The molecule has 0 saturated heterocycles. The van der Waals surface area contributed by atoms with Crippen LogP contribution >= 0.6 is 63.7 Å². The van der Waals surface area contributed by atoms with Crippen molar-refractivity contribution >= 4 is 63.7 Å². The van der Waals surface area contributed by atoms with Gasteiger partial charge in [0.1, 0.15) is 0 Å². The molecular formula is C33H16Br4. The summed E-state index contributed by atoms with van der Waals surface area (Å²) < 4.78 is 0. The largest absolute Gasteiger partial charge is 0.0714 e. The molecule has 4 heteroatoms. The van der Waals surface area contributed by atoms with E-state index in [0.717, 1.165) is 33.4 Å². The molecule has 0 nitrogen and oxygen atoms in total. The quantitative estimate of drug-likeness (QED) is 0.145. The predicted molar refractivity (Wildman–Crippen MR) is 168 cm³/mol. The number of hydrogen-bond donors (Lipinski definition) is 0. The first-order valence-electron chi connectivity index (χ1n) is 11.1. The summed E-state index contributed by atoms with van der Waals surface area (Å²) in [5.74, 6) is 12.9. The second-order valence-electron chi connectivity index (χ2n) is 7.82. The average Bonchev–Trinajstić information content (AvgIpc) is 2.95. The number of rotatable bonds is 4. The van der Waals surface area contributed by atoms with Crippen LogP contribution in [0.25, 0.3) is 0 Å². The second-order valence-corrected chi connectivity index (χ2v) is 9.41. The molecule has 0 heterocycles. The van der Waals surface area contributed by atoms with Crippen molar-refractivity contribution in [1.29, 1.82) is 0 Å². The molecule has 0 spiro atoms. The second kappa shape index (κ2) is 13.0. The van der Waals surface area contributed by atoms with E-state index < -0.39 is 5.41 Å². The highest BCUT2D eigenvalue weighted by Crippen LogP contribution is 2.47. The van der Waals surface area contributed by atoms with Crippen LogP contribution in [0.4, 0.5) is 0 Å². The summed E-state index contributed by atoms with van der Waals surface area (Å²) in [6, 6.07) is 33.5. The molecule has 0 amide bonds. The Kier molecular flexibility index (Phi) is 9.53. The predicted octanol–water partition coefficient (Wildman–Crippen LogP) is 8.88. The number of benzene rings is 4. The van der Waals surface area contributed by atoms with Crippen LogP contribution in [-0.2, 0) is 5.41 Å². The fourth-order valence-corrected chi connectivity index (χ4v) is 5.49. The van der Waals surface area contributed by atoms with E-state index in [1.807, 2.05) is 18.2 Å². The van der Waals surface area contributed by atoms with Crippen molar-refractivity contribution < 1.29 is 0 Å². The summed E-state index contributed by atoms with van der Waals surface area (Å²) in [5.41, 5.74) is 6.45. The molecular weight excluding hydrogens is 716 g/mol. The third-order valence-electron chi connectivity index (χ3n) is 6.05. The minimum atomic E-state index is -0.720. The molecule has 0 unspecified atom stereocenters. The van der Waals surface area contributed by atoms with Crippen molar-refractivity contribution in [3.05, 3.63) is 142 Å². The van der Waals surface area contributed by atoms with Crippen molar-refractivity contribution in [2.75, 3.05) is 0 Å². The third-order valence-corrected chi connectivity index (χ3v) is 6.84. The van der Waals surface area contributed by atoms with Crippen LogP contribution in [-0.4, -0.2) is 0 Å². The highest BCUT2D eigenvalue weighted by Gasteiger charge is 2.41. The van der Waals surface area contributed by atoms with E-state index in [2.05, 4.69) is 186 Å². The molecule has 4 aromatic rings. The Morgan fingerprint density at radius 2 is 0.811 bits per heavy atom. The summed E-state index contributed by atoms with van der Waals surface area (Å²) in [6.45, 7) is 0. The van der Waals surface area contributed by atoms with Gasteiger partial charge in [0.25, 0.3) is 0 Å². The van der Waals surface area contributed by atoms with E-state index in [0.29, 0.717) is 11.1 Å². The first kappa shape index (κ1) is 27.1. The summed E-state index contributed by atoms with van der Waals surface area (Å²) >= 11 is 13.2. The number of hydrogen-bond acceptors (Lipinski definition) is 0. The molecule has 37 heavy (non-hydrogen) atoms. The molecule has 4 rings (SSSR count). The van der Waals surface area contributed by atoms with Gasteiger partial charge in [-0.15, -0.1) is 0 Å². The van der Waals surface area contributed by atoms with Gasteiger partial charge in [-0.05, 0) is 47.6 Å². The molecule has 0 atom stereocenters. The van der Waals surface area contributed by atoms with Gasteiger partial charge in [-0.2, -0.15) is 0 Å². The number of halogens is 4. The first-order valence-corrected chi connectivity index (χ1v) is 14.2. The van der Waals surface area contributed by atoms with Gasteiger partial charge in [-0.1, -0.05) is 115 Å². The molecule has 0 bridgehead atoms. The van der Waals surface area contributed by atoms with E-state index >= 15 is 0 Å². The van der Waals surface area contributed by atoms with Gasteiger partial charge >= 0.3 is 0 Å². The van der Waals surface area contributed by atoms with Gasteiger partial charge in [0.2, 0.25) is 0 Å². The summed E-state index contributed by atoms with van der Waals surface area (Å²) in [6.07, 6.45) is 0. The molecule has 0 saturated carbocycles. The van der Waals surface area contributed by atoms with Gasteiger partial charge in [0.15, 0.2) is 0 Å². The van der Waals surface area contributed by atoms with Crippen molar-refractivity contribution in [3.63, 3.8) is 0 Å². The Labute approximate surface area is 251 Å². The maximum absolute atomic E-state index is 3.35. The van der Waals surface area contributed by atoms with Crippen LogP contribution in [0.5, 0.6) is 0 Å². The molecule has 0 aliphatic carbocycles. The molecule has 176 valence electrons. The van der Waals surface area contributed by atoms with Crippen molar-refractivity contribution in [2.45, 2.75) is 5.41 Å². The monoisotopic (exact) mass is 728 g/mol. The Hall–Kier alpha value is -2.96. The maximum atomic E-state index is 3.35. The Morgan fingerprint density at radius 1 is 0.432 bits per heavy atom. The lowest BCUT2D eigenvalue weighted by Gasteiger charge is -2.38. The van der Waals surface area contributed by atoms with Crippen LogP contribution in [0.3, 0.4) is 0 Å². The Bertz CT molecular complexity index is 1560. The molecule has 4 aromatic carbocycles. The molecule has 0 N–H and O–H groups in total. The molecule has 0 aliphatic rings. The summed E-state index contributed by atoms with van der Waals surface area (Å²) in [7, 11) is 0. The van der Waals surface area contributed by atoms with Gasteiger partial charge in [-0.3, -0.25) is 0 Å². The van der Waals surface area contributed by atoms with Crippen LogP contribution < -0.4 is 0 Å². The highest BCUT2D eigenvalue weighted by atomic mass is 79.9. The molecule has 0 fully saturated rings. The minimum Gasteiger partial charge on any atom is -0.0622 e. The smallest absolute Gasteiger partial charge is 0.0622 e. The van der Waals surface area contributed by atoms with E-state index in [-0.39, 0.29) is 0 Å². The molecule has 0 aliphatic heterocycles. The van der Waals surface area contributed by atoms with Gasteiger partial charge in [0.05, 0.1) is 16.5 Å². The van der Waals surface area contributed by atoms with Gasteiger partial charge in [0, 0.05) is 74.8 Å².